The van der Waals surface area contributed by atoms with Gasteiger partial charge in [0.2, 0.25) is 5.91 Å². The lowest BCUT2D eigenvalue weighted by molar-refractivity contribution is -0.142. The number of aliphatic carboxylic acids is 1. The fourth-order valence-corrected chi connectivity index (χ4v) is 3.01. The number of carbonyl (C=O) groups is 2. The molecule has 0 saturated heterocycles. The number of nitrogens with one attached hydrogen (secondary N) is 1. The molecule has 2 rings (SSSR count). The second-order valence-corrected chi connectivity index (χ2v) is 8.64. The smallest absolute Gasteiger partial charge is 0.308 e. The highest BCUT2D eigenvalue weighted by molar-refractivity contribution is 5.80. The van der Waals surface area contributed by atoms with Crippen LogP contribution in [0.15, 0.2) is 42.5 Å². The first-order valence-electron chi connectivity index (χ1n) is 10.2. The van der Waals surface area contributed by atoms with E-state index in [2.05, 4.69) is 11.4 Å². The number of carbonyl (C=O) groups excluding carboxylic acids is 1. The molecule has 0 aromatic heterocycles. The summed E-state index contributed by atoms with van der Waals surface area (Å²) in [7, 11) is 0. The standard InChI is InChI=1S/C25H30N2O4/c1-16-6-9-19(10-7-16)12-22(28)27-23(18(3)24(29)30)20-11-8-17(2)21(13-20)31-15-25(4,5)14-26/h6-11,13,18,23H,12,15H2,1-5H3,(H,27,28)(H,29,30)/t18-,23+/m1/s1. The molecule has 0 spiro atoms. The lowest BCUT2D eigenvalue weighted by Gasteiger charge is -2.25. The maximum absolute atomic E-state index is 12.7. The van der Waals surface area contributed by atoms with Gasteiger partial charge in [0.05, 0.1) is 29.9 Å². The van der Waals surface area contributed by atoms with Crippen LogP contribution in [0.1, 0.15) is 49.1 Å². The maximum atomic E-state index is 12.7. The summed E-state index contributed by atoms with van der Waals surface area (Å²) < 4.78 is 5.85. The van der Waals surface area contributed by atoms with Crippen molar-refractivity contribution < 1.29 is 19.4 Å². The van der Waals surface area contributed by atoms with Crippen LogP contribution in [0, 0.1) is 36.5 Å². The molecular weight excluding hydrogens is 392 g/mol. The highest BCUT2D eigenvalue weighted by atomic mass is 16.5. The number of amides is 1. The van der Waals surface area contributed by atoms with Gasteiger partial charge in [0.1, 0.15) is 12.4 Å². The number of hydrogen-bond acceptors (Lipinski definition) is 4. The van der Waals surface area contributed by atoms with Gasteiger partial charge in [-0.15, -0.1) is 0 Å². The molecule has 0 unspecified atom stereocenters. The minimum absolute atomic E-state index is 0.161. The third kappa shape index (κ3) is 6.85. The SMILES string of the molecule is Cc1ccc(CC(=O)N[C@H](c2ccc(C)c(OCC(C)(C)C#N)c2)[C@@H](C)C(=O)O)cc1. The Balaban J connectivity index is 2.25. The van der Waals surface area contributed by atoms with Crippen LogP contribution in [0.4, 0.5) is 0 Å². The van der Waals surface area contributed by atoms with E-state index in [0.29, 0.717) is 11.3 Å². The molecule has 0 saturated carbocycles. The molecule has 0 aliphatic carbocycles. The summed E-state index contributed by atoms with van der Waals surface area (Å²) in [5.41, 5.74) is 2.82. The van der Waals surface area contributed by atoms with Gasteiger partial charge in [-0.25, -0.2) is 0 Å². The van der Waals surface area contributed by atoms with Crippen molar-refractivity contribution in [1.82, 2.24) is 5.32 Å². The average molecular weight is 423 g/mol. The average Bonchev–Trinajstić information content (AvgIpc) is 2.72. The first-order chi connectivity index (χ1) is 14.5. The van der Waals surface area contributed by atoms with E-state index < -0.39 is 23.3 Å². The Morgan fingerprint density at radius 2 is 1.81 bits per heavy atom. The third-order valence-corrected chi connectivity index (χ3v) is 5.15. The normalized spacial score (nSPS) is 13.0. The fourth-order valence-electron chi connectivity index (χ4n) is 3.01. The van der Waals surface area contributed by atoms with Crippen LogP contribution < -0.4 is 10.1 Å². The molecule has 31 heavy (non-hydrogen) atoms. The molecule has 0 heterocycles. The molecule has 2 atom stereocenters. The first kappa shape index (κ1) is 23.9. The number of carboxylic acids is 1. The molecule has 0 radical (unpaired) electrons. The van der Waals surface area contributed by atoms with E-state index in [1.54, 1.807) is 32.9 Å². The number of carboxylic acid groups (broad SMARTS) is 1. The van der Waals surface area contributed by atoms with Gasteiger partial charge in [0, 0.05) is 0 Å². The van der Waals surface area contributed by atoms with Crippen LogP contribution >= 0.6 is 0 Å². The Labute approximate surface area is 183 Å². The minimum Gasteiger partial charge on any atom is -0.492 e. The molecule has 0 aliphatic heterocycles. The van der Waals surface area contributed by atoms with Crippen molar-refractivity contribution >= 4 is 11.9 Å². The van der Waals surface area contributed by atoms with E-state index >= 15 is 0 Å². The Hall–Kier alpha value is -3.33. The Morgan fingerprint density at radius 3 is 2.39 bits per heavy atom. The summed E-state index contributed by atoms with van der Waals surface area (Å²) in [6.45, 7) is 9.19. The predicted octanol–water partition coefficient (Wildman–Crippen LogP) is 4.35. The molecule has 2 N–H and O–H groups in total. The van der Waals surface area contributed by atoms with Gasteiger partial charge >= 0.3 is 5.97 Å². The van der Waals surface area contributed by atoms with Gasteiger partial charge in [-0.1, -0.05) is 42.0 Å². The lowest BCUT2D eigenvalue weighted by Crippen LogP contribution is -2.36. The summed E-state index contributed by atoms with van der Waals surface area (Å²) in [6, 6.07) is 14.5. The van der Waals surface area contributed by atoms with Crippen LogP contribution in [-0.2, 0) is 16.0 Å². The zero-order valence-electron chi connectivity index (χ0n) is 18.7. The van der Waals surface area contributed by atoms with E-state index in [-0.39, 0.29) is 18.9 Å². The molecule has 0 aliphatic rings. The van der Waals surface area contributed by atoms with Gasteiger partial charge < -0.3 is 15.2 Å². The van der Waals surface area contributed by atoms with E-state index in [1.165, 1.54) is 0 Å². The van der Waals surface area contributed by atoms with Crippen molar-refractivity contribution in [3.05, 3.63) is 64.7 Å². The van der Waals surface area contributed by atoms with Crippen molar-refractivity contribution in [3.8, 4) is 11.8 Å². The second-order valence-electron chi connectivity index (χ2n) is 8.64. The number of hydrogen-bond donors (Lipinski definition) is 2. The van der Waals surface area contributed by atoms with E-state index in [4.69, 9.17) is 4.74 Å². The quantitative estimate of drug-likeness (QED) is 0.626. The number of nitrogens with zero attached hydrogens (tertiary/aromatic N) is 1. The van der Waals surface area contributed by atoms with Gasteiger partial charge in [0.15, 0.2) is 0 Å². The molecule has 2 aromatic rings. The largest absolute Gasteiger partial charge is 0.492 e. The molecule has 164 valence electrons. The van der Waals surface area contributed by atoms with Crippen molar-refractivity contribution in [2.75, 3.05) is 6.61 Å². The van der Waals surface area contributed by atoms with Gasteiger partial charge in [0.25, 0.3) is 0 Å². The number of rotatable bonds is 9. The monoisotopic (exact) mass is 422 g/mol. The predicted molar refractivity (Wildman–Crippen MR) is 119 cm³/mol. The van der Waals surface area contributed by atoms with Crippen molar-refractivity contribution in [2.24, 2.45) is 11.3 Å². The number of ether oxygens (including phenoxy) is 1. The van der Waals surface area contributed by atoms with Crippen LogP contribution in [0.3, 0.4) is 0 Å². The highest BCUT2D eigenvalue weighted by Gasteiger charge is 2.28. The number of nitriles is 1. The molecular formula is C25H30N2O4. The number of aryl methyl sites for hydroxylation is 2. The summed E-state index contributed by atoms with van der Waals surface area (Å²) >= 11 is 0. The van der Waals surface area contributed by atoms with Crippen molar-refractivity contribution in [1.29, 1.82) is 5.26 Å². The van der Waals surface area contributed by atoms with Crippen molar-refractivity contribution in [2.45, 2.75) is 47.1 Å². The topological polar surface area (TPSA) is 99.4 Å². The van der Waals surface area contributed by atoms with E-state index in [0.717, 1.165) is 16.7 Å². The summed E-state index contributed by atoms with van der Waals surface area (Å²) in [5, 5.41) is 21.7. The van der Waals surface area contributed by atoms with Gasteiger partial charge in [-0.2, -0.15) is 5.26 Å². The van der Waals surface area contributed by atoms with Crippen molar-refractivity contribution in [3.63, 3.8) is 0 Å². The van der Waals surface area contributed by atoms with Crippen LogP contribution in [0.2, 0.25) is 0 Å². The molecule has 2 aromatic carbocycles. The number of benzene rings is 2. The fraction of sp³-hybridized carbons (Fsp3) is 0.400. The Kier molecular flexibility index (Phi) is 7.82. The molecule has 0 bridgehead atoms. The first-order valence-corrected chi connectivity index (χ1v) is 10.2. The van der Waals surface area contributed by atoms with Gasteiger partial charge in [-0.3, -0.25) is 9.59 Å². The van der Waals surface area contributed by atoms with Crippen LogP contribution in [0.25, 0.3) is 0 Å². The third-order valence-electron chi connectivity index (χ3n) is 5.15. The molecule has 6 heteroatoms. The Bertz CT molecular complexity index is 974. The highest BCUT2D eigenvalue weighted by Crippen LogP contribution is 2.29. The zero-order chi connectivity index (χ0) is 23.2. The lowest BCUT2D eigenvalue weighted by atomic mass is 9.93. The minimum atomic E-state index is -1.01. The maximum Gasteiger partial charge on any atom is 0.308 e. The Morgan fingerprint density at radius 1 is 1.16 bits per heavy atom. The summed E-state index contributed by atoms with van der Waals surface area (Å²) in [4.78, 5) is 24.4. The molecule has 1 amide bonds. The van der Waals surface area contributed by atoms with Crippen LogP contribution in [0.5, 0.6) is 5.75 Å². The second kappa shape index (κ2) is 10.1. The van der Waals surface area contributed by atoms with Gasteiger partial charge in [-0.05, 0) is 57.4 Å². The van der Waals surface area contributed by atoms with Crippen LogP contribution in [-0.4, -0.2) is 23.6 Å². The molecule has 0 fully saturated rings. The van der Waals surface area contributed by atoms with E-state index in [1.807, 2.05) is 44.2 Å². The zero-order valence-corrected chi connectivity index (χ0v) is 18.7. The summed E-state index contributed by atoms with van der Waals surface area (Å²) in [6.07, 6.45) is 0.161. The summed E-state index contributed by atoms with van der Waals surface area (Å²) in [5.74, 6) is -1.53. The van der Waals surface area contributed by atoms with E-state index in [9.17, 15) is 20.0 Å². The molecule has 6 nitrogen and oxygen atoms in total.